The third-order valence-corrected chi connectivity index (χ3v) is 8.04. The summed E-state index contributed by atoms with van der Waals surface area (Å²) < 4.78 is 0. The molecule has 2 saturated heterocycles. The molecule has 0 radical (unpaired) electrons. The Bertz CT molecular complexity index is 1320. The van der Waals surface area contributed by atoms with Gasteiger partial charge in [-0.2, -0.15) is 0 Å². The second-order valence-corrected chi connectivity index (χ2v) is 9.87. The highest BCUT2D eigenvalue weighted by Gasteiger charge is 2.64. The highest BCUT2D eigenvalue weighted by Crippen LogP contribution is 2.54. The van der Waals surface area contributed by atoms with E-state index in [1.54, 1.807) is 6.07 Å². The van der Waals surface area contributed by atoms with Gasteiger partial charge in [0.2, 0.25) is 11.8 Å². The summed E-state index contributed by atoms with van der Waals surface area (Å²) in [6.45, 7) is 3.83. The van der Waals surface area contributed by atoms with Gasteiger partial charge in [-0.3, -0.25) is 14.4 Å². The highest BCUT2D eigenvalue weighted by atomic mass is 32.1. The van der Waals surface area contributed by atoms with E-state index in [2.05, 4.69) is 0 Å². The number of hydrogen-bond donors (Lipinski definition) is 0. The number of imide groups is 1. The maximum absolute atomic E-state index is 14.0. The summed E-state index contributed by atoms with van der Waals surface area (Å²) in [6.07, 6.45) is 3.87. The third-order valence-electron chi connectivity index (χ3n) is 7.16. The van der Waals surface area contributed by atoms with Crippen molar-refractivity contribution in [1.29, 1.82) is 0 Å². The van der Waals surface area contributed by atoms with Gasteiger partial charge in [0, 0.05) is 6.20 Å². The normalized spacial score (nSPS) is 25.3. The van der Waals surface area contributed by atoms with Crippen LogP contribution in [0.5, 0.6) is 0 Å². The number of carbonyl (C=O) groups is 3. The number of Topliss-reactive ketones (excluding diaryl/α,β-unsaturated/α-hetero) is 1. The van der Waals surface area contributed by atoms with E-state index in [9.17, 15) is 14.4 Å². The second-order valence-electron chi connectivity index (χ2n) is 8.93. The molecule has 4 heterocycles. The van der Waals surface area contributed by atoms with Crippen molar-refractivity contribution in [3.8, 4) is 0 Å². The maximum atomic E-state index is 14.0. The first-order chi connectivity index (χ1) is 16.0. The Morgan fingerprint density at radius 1 is 0.879 bits per heavy atom. The zero-order valence-electron chi connectivity index (χ0n) is 18.3. The molecule has 6 rings (SSSR count). The lowest BCUT2D eigenvalue weighted by Gasteiger charge is -2.35. The van der Waals surface area contributed by atoms with Crippen molar-refractivity contribution in [2.24, 2.45) is 11.8 Å². The minimum Gasteiger partial charge on any atom is -0.358 e. The summed E-state index contributed by atoms with van der Waals surface area (Å²) in [5, 5.41) is 1.86. The van der Waals surface area contributed by atoms with Crippen LogP contribution in [0.25, 0.3) is 6.08 Å². The molecule has 33 heavy (non-hydrogen) atoms. The smallest absolute Gasteiger partial charge is 0.240 e. The molecule has 0 aliphatic carbocycles. The van der Waals surface area contributed by atoms with Gasteiger partial charge in [-0.1, -0.05) is 48.5 Å². The van der Waals surface area contributed by atoms with Gasteiger partial charge in [-0.15, -0.1) is 11.3 Å². The molecule has 2 amide bonds. The van der Waals surface area contributed by atoms with Crippen molar-refractivity contribution in [1.82, 2.24) is 4.90 Å². The van der Waals surface area contributed by atoms with E-state index in [1.807, 2.05) is 84.9 Å². The van der Waals surface area contributed by atoms with Crippen molar-refractivity contribution in [3.05, 3.63) is 93.3 Å². The van der Waals surface area contributed by atoms with E-state index in [4.69, 9.17) is 0 Å². The number of amides is 2. The van der Waals surface area contributed by atoms with Crippen LogP contribution in [0.1, 0.15) is 38.0 Å². The molecule has 0 bridgehead atoms. The van der Waals surface area contributed by atoms with Crippen molar-refractivity contribution in [2.75, 3.05) is 4.90 Å². The van der Waals surface area contributed by atoms with E-state index in [0.29, 0.717) is 10.6 Å². The zero-order valence-corrected chi connectivity index (χ0v) is 19.1. The summed E-state index contributed by atoms with van der Waals surface area (Å²) >= 11 is 1.37. The number of ketones is 1. The van der Waals surface area contributed by atoms with Crippen LogP contribution in [0.4, 0.5) is 5.69 Å². The molecular formula is C27H22N2O3S. The van der Waals surface area contributed by atoms with Gasteiger partial charge in [0.15, 0.2) is 5.78 Å². The summed E-state index contributed by atoms with van der Waals surface area (Å²) in [5.74, 6) is -1.94. The van der Waals surface area contributed by atoms with E-state index >= 15 is 0 Å². The van der Waals surface area contributed by atoms with Crippen LogP contribution in [-0.4, -0.2) is 28.5 Å². The number of thiophene rings is 1. The minimum atomic E-state index is -0.730. The molecule has 0 spiro atoms. The Hall–Kier alpha value is -3.51. The van der Waals surface area contributed by atoms with Crippen LogP contribution in [0, 0.1) is 25.7 Å². The Labute approximate surface area is 195 Å². The first-order valence-electron chi connectivity index (χ1n) is 11.1. The number of hydrogen-bond acceptors (Lipinski definition) is 5. The molecule has 2 fully saturated rings. The topological polar surface area (TPSA) is 57.7 Å². The van der Waals surface area contributed by atoms with Gasteiger partial charge in [-0.25, -0.2) is 4.90 Å². The number of aryl methyl sites for hydroxylation is 2. The average molecular weight is 455 g/mol. The molecule has 4 atom stereocenters. The molecule has 0 N–H and O–H groups in total. The van der Waals surface area contributed by atoms with E-state index in [1.165, 1.54) is 16.2 Å². The molecule has 3 aromatic rings. The maximum Gasteiger partial charge on any atom is 0.240 e. The van der Waals surface area contributed by atoms with Gasteiger partial charge >= 0.3 is 0 Å². The molecule has 0 unspecified atom stereocenters. The minimum absolute atomic E-state index is 0.101. The molecule has 1 aromatic heterocycles. The fourth-order valence-corrected chi connectivity index (χ4v) is 6.50. The molecule has 3 aliphatic rings. The fourth-order valence-electron chi connectivity index (χ4n) is 5.80. The number of carbonyl (C=O) groups excluding carboxylic acids is 3. The summed E-state index contributed by atoms with van der Waals surface area (Å²) in [5.41, 5.74) is 4.40. The van der Waals surface area contributed by atoms with Crippen molar-refractivity contribution in [3.63, 3.8) is 0 Å². The van der Waals surface area contributed by atoms with Crippen LogP contribution in [0.3, 0.4) is 0 Å². The van der Waals surface area contributed by atoms with Crippen LogP contribution in [0.2, 0.25) is 0 Å². The largest absolute Gasteiger partial charge is 0.358 e. The monoisotopic (exact) mass is 454 g/mol. The SMILES string of the molecule is Cc1cccc(C)c1N1C(=O)[C@@H]2[C@H](C1=O)[C@@H]1c3ccccc3C=CN1[C@H]2C(=O)c1cccs1. The molecule has 6 heteroatoms. The number of para-hydroxylation sites is 1. The van der Waals surface area contributed by atoms with Crippen molar-refractivity contribution < 1.29 is 14.4 Å². The number of benzene rings is 2. The second kappa shape index (κ2) is 7.25. The summed E-state index contributed by atoms with van der Waals surface area (Å²) in [6, 6.07) is 16.2. The molecule has 2 aromatic carbocycles. The Balaban J connectivity index is 1.53. The van der Waals surface area contributed by atoms with Crippen molar-refractivity contribution >= 4 is 40.7 Å². The van der Waals surface area contributed by atoms with Crippen LogP contribution < -0.4 is 4.90 Å². The van der Waals surface area contributed by atoms with Crippen LogP contribution in [0.15, 0.2) is 66.2 Å². The highest BCUT2D eigenvalue weighted by molar-refractivity contribution is 7.12. The average Bonchev–Trinajstić information content (AvgIpc) is 3.51. The molecule has 0 saturated carbocycles. The van der Waals surface area contributed by atoms with Crippen LogP contribution in [-0.2, 0) is 9.59 Å². The third kappa shape index (κ3) is 2.74. The fraction of sp³-hybridized carbons (Fsp3) is 0.222. The lowest BCUT2D eigenvalue weighted by Crippen LogP contribution is -2.44. The predicted octanol–water partition coefficient (Wildman–Crippen LogP) is 4.76. The van der Waals surface area contributed by atoms with E-state index < -0.39 is 17.9 Å². The van der Waals surface area contributed by atoms with Gasteiger partial charge in [0.1, 0.15) is 6.04 Å². The lowest BCUT2D eigenvalue weighted by atomic mass is 9.84. The number of anilines is 1. The Kier molecular flexibility index (Phi) is 4.42. The molecular weight excluding hydrogens is 432 g/mol. The Morgan fingerprint density at radius 2 is 1.61 bits per heavy atom. The first-order valence-corrected chi connectivity index (χ1v) is 11.9. The number of nitrogens with zero attached hydrogens (tertiary/aromatic N) is 2. The standard InChI is InChI=1S/C27H22N2O3S/c1-15-7-5-8-16(2)22(15)29-26(31)20-21(27(29)32)24(25(30)19-11-6-14-33-19)28-13-12-17-9-3-4-10-18(17)23(20)28/h3-14,20-21,23-24H,1-2H3/t20-,21+,23-,24+/m0/s1. The van der Waals surface area contributed by atoms with Crippen molar-refractivity contribution in [2.45, 2.75) is 25.9 Å². The van der Waals surface area contributed by atoms with Gasteiger partial charge in [0.25, 0.3) is 0 Å². The molecule has 3 aliphatic heterocycles. The number of rotatable bonds is 3. The van der Waals surface area contributed by atoms with Crippen LogP contribution >= 0.6 is 11.3 Å². The first kappa shape index (κ1) is 20.1. The van der Waals surface area contributed by atoms with E-state index in [0.717, 1.165) is 22.3 Å². The summed E-state index contributed by atoms with van der Waals surface area (Å²) in [4.78, 5) is 45.5. The molecule has 164 valence electrons. The zero-order chi connectivity index (χ0) is 22.9. The van der Waals surface area contributed by atoms with E-state index in [-0.39, 0.29) is 23.6 Å². The molecule has 5 nitrogen and oxygen atoms in total. The quantitative estimate of drug-likeness (QED) is 0.423. The van der Waals surface area contributed by atoms with Gasteiger partial charge in [0.05, 0.1) is 28.4 Å². The predicted molar refractivity (Wildman–Crippen MR) is 128 cm³/mol. The van der Waals surface area contributed by atoms with Gasteiger partial charge < -0.3 is 4.90 Å². The lowest BCUT2D eigenvalue weighted by molar-refractivity contribution is -0.123. The Morgan fingerprint density at radius 3 is 2.33 bits per heavy atom. The summed E-state index contributed by atoms with van der Waals surface area (Å²) in [7, 11) is 0. The number of fused-ring (bicyclic) bond motifs is 5. The van der Waals surface area contributed by atoms with Gasteiger partial charge in [-0.05, 0) is 53.6 Å².